The van der Waals surface area contributed by atoms with Crippen molar-refractivity contribution in [3.05, 3.63) is 35.4 Å². The lowest BCUT2D eigenvalue weighted by molar-refractivity contribution is 0.473. The fourth-order valence-corrected chi connectivity index (χ4v) is 1.82. The summed E-state index contributed by atoms with van der Waals surface area (Å²) >= 11 is 0. The summed E-state index contributed by atoms with van der Waals surface area (Å²) in [5.41, 5.74) is 2.79. The van der Waals surface area contributed by atoms with E-state index < -0.39 is 0 Å². The van der Waals surface area contributed by atoms with Gasteiger partial charge in [-0.15, -0.1) is 0 Å². The molecule has 0 aromatic heterocycles. The predicted octanol–water partition coefficient (Wildman–Crippen LogP) is 3.42. The molecule has 0 saturated heterocycles. The Balaban J connectivity index is 2.28. The summed E-state index contributed by atoms with van der Waals surface area (Å²) in [6.07, 6.45) is 1.17. The monoisotopic (exact) mass is 219 g/mol. The second-order valence-corrected chi connectivity index (χ2v) is 5.35. The molecule has 0 spiro atoms. The summed E-state index contributed by atoms with van der Waals surface area (Å²) in [6.45, 7) is 11.2. The van der Waals surface area contributed by atoms with Gasteiger partial charge in [-0.3, -0.25) is 0 Å². The summed E-state index contributed by atoms with van der Waals surface area (Å²) in [5.74, 6) is 1.45. The first-order chi connectivity index (χ1) is 7.58. The van der Waals surface area contributed by atoms with Crippen LogP contribution in [0.25, 0.3) is 0 Å². The van der Waals surface area contributed by atoms with Gasteiger partial charge in [0.1, 0.15) is 0 Å². The minimum absolute atomic E-state index is 0.710. The lowest BCUT2D eigenvalue weighted by atomic mass is 10.00. The number of benzene rings is 1. The summed E-state index contributed by atoms with van der Waals surface area (Å²) in [7, 11) is 0. The van der Waals surface area contributed by atoms with Gasteiger partial charge in [0.25, 0.3) is 0 Å². The van der Waals surface area contributed by atoms with Crippen LogP contribution in [0.2, 0.25) is 0 Å². The summed E-state index contributed by atoms with van der Waals surface area (Å²) in [5, 5.41) is 3.52. The Kier molecular flexibility index (Phi) is 5.54. The second kappa shape index (κ2) is 6.70. The molecule has 90 valence electrons. The van der Waals surface area contributed by atoms with Gasteiger partial charge in [-0.05, 0) is 43.8 Å². The highest BCUT2D eigenvalue weighted by Crippen LogP contribution is 2.09. The number of aryl methyl sites for hydroxylation is 1. The normalized spacial score (nSPS) is 13.1. The molecule has 0 radical (unpaired) electrons. The van der Waals surface area contributed by atoms with Crippen molar-refractivity contribution in [2.75, 3.05) is 13.1 Å². The molecule has 1 aromatic rings. The van der Waals surface area contributed by atoms with Gasteiger partial charge >= 0.3 is 0 Å². The fourth-order valence-electron chi connectivity index (χ4n) is 1.82. The molecular weight excluding hydrogens is 194 g/mol. The van der Waals surface area contributed by atoms with Gasteiger partial charge in [-0.25, -0.2) is 0 Å². The minimum atomic E-state index is 0.710. The average Bonchev–Trinajstić information content (AvgIpc) is 2.21. The molecule has 0 saturated carbocycles. The van der Waals surface area contributed by atoms with E-state index in [0.29, 0.717) is 5.92 Å². The molecule has 16 heavy (non-hydrogen) atoms. The summed E-state index contributed by atoms with van der Waals surface area (Å²) in [4.78, 5) is 0. The smallest absolute Gasteiger partial charge is 0.00199 e. The SMILES string of the molecule is Cc1ccc(CC(C)CNCC(C)C)cc1. The molecule has 0 aliphatic rings. The molecule has 1 N–H and O–H groups in total. The lowest BCUT2D eigenvalue weighted by Gasteiger charge is -2.14. The van der Waals surface area contributed by atoms with E-state index >= 15 is 0 Å². The number of hydrogen-bond acceptors (Lipinski definition) is 1. The maximum Gasteiger partial charge on any atom is -0.00199 e. The Morgan fingerprint density at radius 2 is 1.62 bits per heavy atom. The first-order valence-electron chi connectivity index (χ1n) is 6.34. The van der Waals surface area contributed by atoms with Crippen molar-refractivity contribution in [2.24, 2.45) is 11.8 Å². The summed E-state index contributed by atoms with van der Waals surface area (Å²) in [6, 6.07) is 8.88. The third kappa shape index (κ3) is 5.32. The van der Waals surface area contributed by atoms with Gasteiger partial charge in [-0.2, -0.15) is 0 Å². The van der Waals surface area contributed by atoms with Crippen LogP contribution < -0.4 is 5.32 Å². The van der Waals surface area contributed by atoms with Crippen molar-refractivity contribution in [3.8, 4) is 0 Å². The number of nitrogens with one attached hydrogen (secondary N) is 1. The van der Waals surface area contributed by atoms with Crippen LogP contribution in [-0.4, -0.2) is 13.1 Å². The van der Waals surface area contributed by atoms with Crippen LogP contribution in [0.1, 0.15) is 31.9 Å². The van der Waals surface area contributed by atoms with Crippen LogP contribution in [0.4, 0.5) is 0 Å². The van der Waals surface area contributed by atoms with Gasteiger partial charge in [0.15, 0.2) is 0 Å². The van der Waals surface area contributed by atoms with E-state index in [1.54, 1.807) is 0 Å². The second-order valence-electron chi connectivity index (χ2n) is 5.35. The predicted molar refractivity (Wildman–Crippen MR) is 71.8 cm³/mol. The quantitative estimate of drug-likeness (QED) is 0.773. The van der Waals surface area contributed by atoms with E-state index in [-0.39, 0.29) is 0 Å². The van der Waals surface area contributed by atoms with Crippen LogP contribution in [0.5, 0.6) is 0 Å². The van der Waals surface area contributed by atoms with Crippen LogP contribution in [0.3, 0.4) is 0 Å². The minimum Gasteiger partial charge on any atom is -0.316 e. The van der Waals surface area contributed by atoms with Gasteiger partial charge in [0, 0.05) is 0 Å². The average molecular weight is 219 g/mol. The topological polar surface area (TPSA) is 12.0 Å². The largest absolute Gasteiger partial charge is 0.316 e. The Morgan fingerprint density at radius 3 is 2.19 bits per heavy atom. The van der Waals surface area contributed by atoms with Crippen molar-refractivity contribution in [1.29, 1.82) is 0 Å². The third-order valence-electron chi connectivity index (χ3n) is 2.75. The zero-order chi connectivity index (χ0) is 12.0. The van der Waals surface area contributed by atoms with Gasteiger partial charge in [0.2, 0.25) is 0 Å². The standard InChI is InChI=1S/C15H25N/c1-12(2)10-16-11-14(4)9-15-7-5-13(3)6-8-15/h5-8,12,14,16H,9-11H2,1-4H3. The van der Waals surface area contributed by atoms with Gasteiger partial charge < -0.3 is 5.32 Å². The van der Waals surface area contributed by atoms with Crippen molar-refractivity contribution < 1.29 is 0 Å². The van der Waals surface area contributed by atoms with Crippen LogP contribution in [0.15, 0.2) is 24.3 Å². The Hall–Kier alpha value is -0.820. The molecule has 0 amide bonds. The highest BCUT2D eigenvalue weighted by Gasteiger charge is 2.03. The summed E-state index contributed by atoms with van der Waals surface area (Å²) < 4.78 is 0. The maximum atomic E-state index is 3.52. The molecule has 0 aliphatic heterocycles. The Bertz CT molecular complexity index is 287. The van der Waals surface area contributed by atoms with Crippen molar-refractivity contribution in [3.63, 3.8) is 0 Å². The molecule has 1 rings (SSSR count). The highest BCUT2D eigenvalue weighted by molar-refractivity contribution is 5.21. The van der Waals surface area contributed by atoms with E-state index in [1.807, 2.05) is 0 Å². The molecule has 1 nitrogen and oxygen atoms in total. The molecule has 1 heteroatoms. The Morgan fingerprint density at radius 1 is 1.00 bits per heavy atom. The van der Waals surface area contributed by atoms with Crippen LogP contribution >= 0.6 is 0 Å². The molecule has 0 heterocycles. The first-order valence-corrected chi connectivity index (χ1v) is 6.34. The number of hydrogen-bond donors (Lipinski definition) is 1. The van der Waals surface area contributed by atoms with E-state index in [4.69, 9.17) is 0 Å². The molecule has 1 unspecified atom stereocenters. The van der Waals surface area contributed by atoms with E-state index in [9.17, 15) is 0 Å². The third-order valence-corrected chi connectivity index (χ3v) is 2.75. The Labute approximate surface area is 100 Å². The van der Waals surface area contributed by atoms with Gasteiger partial charge in [-0.1, -0.05) is 50.6 Å². The molecule has 0 bridgehead atoms. The highest BCUT2D eigenvalue weighted by atomic mass is 14.9. The maximum absolute atomic E-state index is 3.52. The van der Waals surface area contributed by atoms with Crippen molar-refractivity contribution in [2.45, 2.75) is 34.1 Å². The lowest BCUT2D eigenvalue weighted by Crippen LogP contribution is -2.26. The van der Waals surface area contributed by atoms with Crippen molar-refractivity contribution >= 4 is 0 Å². The molecule has 0 fully saturated rings. The molecular formula is C15H25N. The molecule has 0 aliphatic carbocycles. The fraction of sp³-hybridized carbons (Fsp3) is 0.600. The number of rotatable bonds is 6. The molecule has 1 atom stereocenters. The molecule has 1 aromatic carbocycles. The van der Waals surface area contributed by atoms with E-state index in [2.05, 4.69) is 57.3 Å². The van der Waals surface area contributed by atoms with Crippen LogP contribution in [0, 0.1) is 18.8 Å². The van der Waals surface area contributed by atoms with E-state index in [0.717, 1.165) is 19.0 Å². The zero-order valence-electron chi connectivity index (χ0n) is 11.1. The first kappa shape index (κ1) is 13.2. The zero-order valence-corrected chi connectivity index (χ0v) is 11.1. The van der Waals surface area contributed by atoms with Crippen LogP contribution in [-0.2, 0) is 6.42 Å². The van der Waals surface area contributed by atoms with E-state index in [1.165, 1.54) is 17.5 Å². The van der Waals surface area contributed by atoms with Crippen molar-refractivity contribution in [1.82, 2.24) is 5.32 Å². The van der Waals surface area contributed by atoms with Gasteiger partial charge in [0.05, 0.1) is 0 Å².